The zero-order valence-electron chi connectivity index (χ0n) is 12.1. The van der Waals surface area contributed by atoms with Crippen LogP contribution < -0.4 is 15.8 Å². The Kier molecular flexibility index (Phi) is 4.19. The number of nitrogens with one attached hydrogen (secondary N) is 2. The molecule has 1 saturated heterocycles. The van der Waals surface area contributed by atoms with Crippen LogP contribution in [-0.4, -0.2) is 27.0 Å². The highest BCUT2D eigenvalue weighted by atomic mass is 32.2. The highest BCUT2D eigenvalue weighted by molar-refractivity contribution is 7.89. The van der Waals surface area contributed by atoms with Gasteiger partial charge in [0.25, 0.3) is 0 Å². The Balaban J connectivity index is 1.68. The van der Waals surface area contributed by atoms with Crippen LogP contribution in [-0.2, 0) is 10.0 Å². The Labute approximate surface area is 126 Å². The van der Waals surface area contributed by atoms with Crippen molar-refractivity contribution in [2.45, 2.75) is 49.1 Å². The lowest BCUT2D eigenvalue weighted by Gasteiger charge is -2.27. The van der Waals surface area contributed by atoms with Gasteiger partial charge in [0.2, 0.25) is 10.0 Å². The van der Waals surface area contributed by atoms with E-state index in [0.29, 0.717) is 18.0 Å². The number of hydrogen-bond donors (Lipinski definition) is 3. The number of sulfonamides is 1. The molecule has 1 aromatic rings. The molecule has 6 heteroatoms. The summed E-state index contributed by atoms with van der Waals surface area (Å²) >= 11 is 0. The topological polar surface area (TPSA) is 84.2 Å². The van der Waals surface area contributed by atoms with Crippen molar-refractivity contribution in [1.82, 2.24) is 5.32 Å². The molecule has 0 spiro atoms. The Morgan fingerprint density at radius 1 is 1.10 bits per heavy atom. The highest BCUT2D eigenvalue weighted by Crippen LogP contribution is 2.34. The van der Waals surface area contributed by atoms with Gasteiger partial charge in [-0.2, -0.15) is 0 Å². The standard InChI is InChI=1S/C15H23N3O2S/c16-21(19,20)12-8-6-11(7-9-12)18-15-4-1-3-13(15)14-5-2-10-17-14/h6-9,13-15,17-18H,1-5,10H2,(H2,16,19,20). The molecule has 116 valence electrons. The molecule has 2 aliphatic rings. The van der Waals surface area contributed by atoms with Gasteiger partial charge >= 0.3 is 0 Å². The van der Waals surface area contributed by atoms with E-state index in [0.717, 1.165) is 12.2 Å². The zero-order valence-corrected chi connectivity index (χ0v) is 12.9. The van der Waals surface area contributed by atoms with Crippen LogP contribution in [0.1, 0.15) is 32.1 Å². The maximum Gasteiger partial charge on any atom is 0.238 e. The fraction of sp³-hybridized carbons (Fsp3) is 0.600. The second-order valence-corrected chi connectivity index (χ2v) is 7.68. The van der Waals surface area contributed by atoms with Crippen LogP contribution >= 0.6 is 0 Å². The van der Waals surface area contributed by atoms with E-state index in [-0.39, 0.29) is 4.90 Å². The van der Waals surface area contributed by atoms with Crippen LogP contribution in [0.2, 0.25) is 0 Å². The summed E-state index contributed by atoms with van der Waals surface area (Å²) < 4.78 is 22.5. The van der Waals surface area contributed by atoms with Crippen LogP contribution in [0.4, 0.5) is 5.69 Å². The minimum absolute atomic E-state index is 0.161. The Morgan fingerprint density at radius 2 is 1.86 bits per heavy atom. The summed E-state index contributed by atoms with van der Waals surface area (Å²) in [5.74, 6) is 0.672. The minimum Gasteiger partial charge on any atom is -0.382 e. The normalized spacial score (nSPS) is 29.7. The van der Waals surface area contributed by atoms with Crippen LogP contribution in [0, 0.1) is 5.92 Å². The maximum atomic E-state index is 11.3. The predicted octanol–water partition coefficient (Wildman–Crippen LogP) is 1.67. The second-order valence-electron chi connectivity index (χ2n) is 6.12. The summed E-state index contributed by atoms with van der Waals surface area (Å²) in [5, 5.41) is 12.3. The summed E-state index contributed by atoms with van der Waals surface area (Å²) in [7, 11) is -3.61. The molecule has 1 saturated carbocycles. The first-order valence-electron chi connectivity index (χ1n) is 7.67. The molecule has 0 aromatic heterocycles. The first kappa shape index (κ1) is 14.8. The molecule has 2 fully saturated rings. The Morgan fingerprint density at radius 3 is 2.48 bits per heavy atom. The van der Waals surface area contributed by atoms with E-state index < -0.39 is 10.0 Å². The number of anilines is 1. The average molecular weight is 309 g/mol. The zero-order chi connectivity index (χ0) is 14.9. The fourth-order valence-electron chi connectivity index (χ4n) is 3.68. The largest absolute Gasteiger partial charge is 0.382 e. The Bertz CT molecular complexity index is 579. The van der Waals surface area contributed by atoms with Crippen molar-refractivity contribution in [3.05, 3.63) is 24.3 Å². The van der Waals surface area contributed by atoms with Crippen LogP contribution in [0.15, 0.2) is 29.2 Å². The van der Waals surface area contributed by atoms with E-state index in [4.69, 9.17) is 5.14 Å². The lowest BCUT2D eigenvalue weighted by molar-refractivity contribution is 0.376. The van der Waals surface area contributed by atoms with E-state index in [1.54, 1.807) is 24.3 Å². The molecule has 3 atom stereocenters. The molecule has 1 aliphatic heterocycles. The molecule has 0 bridgehead atoms. The number of nitrogens with two attached hydrogens (primary N) is 1. The lowest BCUT2D eigenvalue weighted by Crippen LogP contribution is -2.38. The van der Waals surface area contributed by atoms with Gasteiger partial charge in [0.1, 0.15) is 0 Å². The van der Waals surface area contributed by atoms with E-state index in [2.05, 4.69) is 10.6 Å². The third-order valence-electron chi connectivity index (χ3n) is 4.72. The van der Waals surface area contributed by atoms with Crippen molar-refractivity contribution < 1.29 is 8.42 Å². The van der Waals surface area contributed by atoms with Crippen molar-refractivity contribution in [1.29, 1.82) is 0 Å². The number of hydrogen-bond acceptors (Lipinski definition) is 4. The molecule has 0 radical (unpaired) electrons. The van der Waals surface area contributed by atoms with Crippen molar-refractivity contribution in [2.75, 3.05) is 11.9 Å². The molecule has 1 aromatic carbocycles. The number of rotatable bonds is 4. The summed E-state index contributed by atoms with van der Waals surface area (Å²) in [6.07, 6.45) is 6.25. The van der Waals surface area contributed by atoms with Crippen LogP contribution in [0.25, 0.3) is 0 Å². The molecular formula is C15H23N3O2S. The van der Waals surface area contributed by atoms with Gasteiger partial charge < -0.3 is 10.6 Å². The van der Waals surface area contributed by atoms with Gasteiger partial charge in [0.05, 0.1) is 4.90 Å². The number of benzene rings is 1. The van der Waals surface area contributed by atoms with Gasteiger partial charge in [-0.15, -0.1) is 0 Å². The first-order chi connectivity index (χ1) is 10.0. The minimum atomic E-state index is -3.61. The third-order valence-corrected chi connectivity index (χ3v) is 5.65. The van der Waals surface area contributed by atoms with Crippen molar-refractivity contribution in [2.24, 2.45) is 11.1 Å². The SMILES string of the molecule is NS(=O)(=O)c1ccc(NC2CCCC2C2CCCN2)cc1. The maximum absolute atomic E-state index is 11.3. The first-order valence-corrected chi connectivity index (χ1v) is 9.21. The van der Waals surface area contributed by atoms with E-state index in [1.807, 2.05) is 0 Å². The Hall–Kier alpha value is -1.11. The van der Waals surface area contributed by atoms with E-state index in [9.17, 15) is 8.42 Å². The summed E-state index contributed by atoms with van der Waals surface area (Å²) in [6, 6.07) is 7.84. The van der Waals surface area contributed by atoms with E-state index in [1.165, 1.54) is 32.1 Å². The molecule has 5 nitrogen and oxygen atoms in total. The molecule has 3 unspecified atom stereocenters. The fourth-order valence-corrected chi connectivity index (χ4v) is 4.20. The molecule has 0 amide bonds. The summed E-state index contributed by atoms with van der Waals surface area (Å²) in [4.78, 5) is 0.161. The van der Waals surface area contributed by atoms with Gasteiger partial charge in [0, 0.05) is 17.8 Å². The average Bonchev–Trinajstić information content (AvgIpc) is 3.08. The van der Waals surface area contributed by atoms with Gasteiger partial charge in [0.15, 0.2) is 0 Å². The second kappa shape index (κ2) is 5.94. The van der Waals surface area contributed by atoms with Gasteiger partial charge in [-0.05, 0) is 62.4 Å². The molecular weight excluding hydrogens is 286 g/mol. The van der Waals surface area contributed by atoms with Crippen LogP contribution in [0.3, 0.4) is 0 Å². The lowest BCUT2D eigenvalue weighted by atomic mass is 9.93. The van der Waals surface area contributed by atoms with Gasteiger partial charge in [-0.25, -0.2) is 13.6 Å². The molecule has 3 rings (SSSR count). The molecule has 1 heterocycles. The highest BCUT2D eigenvalue weighted by Gasteiger charge is 2.34. The third kappa shape index (κ3) is 3.39. The van der Waals surface area contributed by atoms with Gasteiger partial charge in [-0.1, -0.05) is 6.42 Å². The monoisotopic (exact) mass is 309 g/mol. The van der Waals surface area contributed by atoms with Crippen molar-refractivity contribution in [3.8, 4) is 0 Å². The summed E-state index contributed by atoms with van der Waals surface area (Å²) in [5.41, 5.74) is 0.970. The van der Waals surface area contributed by atoms with Crippen molar-refractivity contribution in [3.63, 3.8) is 0 Å². The smallest absolute Gasteiger partial charge is 0.238 e. The van der Waals surface area contributed by atoms with E-state index >= 15 is 0 Å². The molecule has 4 N–H and O–H groups in total. The van der Waals surface area contributed by atoms with Gasteiger partial charge in [-0.3, -0.25) is 0 Å². The quantitative estimate of drug-likeness (QED) is 0.790. The number of primary sulfonamides is 1. The predicted molar refractivity (Wildman–Crippen MR) is 83.6 cm³/mol. The van der Waals surface area contributed by atoms with Crippen molar-refractivity contribution >= 4 is 15.7 Å². The molecule has 21 heavy (non-hydrogen) atoms. The molecule has 1 aliphatic carbocycles. The van der Waals surface area contributed by atoms with Crippen LogP contribution in [0.5, 0.6) is 0 Å². The summed E-state index contributed by atoms with van der Waals surface area (Å²) in [6.45, 7) is 1.14.